The summed E-state index contributed by atoms with van der Waals surface area (Å²) in [4.78, 5) is 25.4. The molecule has 69 heavy (non-hydrogen) atoms. The number of aromatic nitrogens is 6. The Morgan fingerprint density at radius 1 is 0.304 bits per heavy atom. The Morgan fingerprint density at radius 2 is 0.754 bits per heavy atom. The van der Waals surface area contributed by atoms with E-state index in [0.717, 1.165) is 45.3 Å². The maximum atomic E-state index is 14.2. The number of rotatable bonds is 8. The molecule has 0 bridgehead atoms. The monoisotopic (exact) mass is 916 g/mol. The van der Waals surface area contributed by atoms with Gasteiger partial charge in [0.15, 0.2) is 23.3 Å². The third kappa shape index (κ3) is 8.37. The van der Waals surface area contributed by atoms with Crippen LogP contribution in [-0.4, -0.2) is 29.5 Å². The quantitative estimate of drug-likeness (QED) is 0.142. The zero-order chi connectivity index (χ0) is 47.3. The van der Waals surface area contributed by atoms with E-state index >= 15 is 0 Å². The number of hydrogen-bond acceptors (Lipinski definition) is 5. The van der Waals surface area contributed by atoms with E-state index in [4.69, 9.17) is 24.9 Å². The van der Waals surface area contributed by atoms with Crippen LogP contribution in [0.3, 0.4) is 0 Å². The van der Waals surface area contributed by atoms with Gasteiger partial charge in [0.2, 0.25) is 0 Å². The number of para-hydroxylation sites is 1. The fourth-order valence-corrected chi connectivity index (χ4v) is 8.60. The molecule has 8 aromatic carbocycles. The van der Waals surface area contributed by atoms with Gasteiger partial charge in [0.25, 0.3) is 0 Å². The van der Waals surface area contributed by atoms with Crippen LogP contribution in [-0.2, 0) is 12.4 Å². The van der Waals surface area contributed by atoms with E-state index in [1.807, 2.05) is 174 Å². The molecule has 3 heterocycles. The fraction of sp³-hybridized carbons (Fsp3) is 0.0351. The van der Waals surface area contributed by atoms with Crippen LogP contribution in [0.25, 0.3) is 107 Å². The van der Waals surface area contributed by atoms with Crippen LogP contribution in [0.15, 0.2) is 206 Å². The molecule has 0 amide bonds. The molecule has 0 saturated carbocycles. The van der Waals surface area contributed by atoms with Crippen molar-refractivity contribution >= 4 is 21.8 Å². The molecule has 11 rings (SSSR count). The first kappa shape index (κ1) is 42.8. The third-order valence-electron chi connectivity index (χ3n) is 11.9. The lowest BCUT2D eigenvalue weighted by Gasteiger charge is -2.17. The standard InChI is InChI=1S/C57H34F6N6/c58-56(59,60)42-29-41(30-43(33-42)57(61,62)63)39-25-27-45-44-23-13-14-24-49(44)69(51(45)32-39)50-28-26-40(54-67-52(37-19-9-3-10-20-37)66-53(68-54)38-21-11-4-12-22-38)31-46(50)55-64-47(35-15-5-1-6-16-35)34-48(65-55)36-17-7-2-8-18-36/h1-34H. The number of benzene rings is 8. The van der Waals surface area contributed by atoms with Crippen LogP contribution in [0.5, 0.6) is 0 Å². The van der Waals surface area contributed by atoms with Crippen LogP contribution < -0.4 is 0 Å². The highest BCUT2D eigenvalue weighted by atomic mass is 19.4. The minimum absolute atomic E-state index is 0.137. The largest absolute Gasteiger partial charge is 0.416 e. The molecule has 0 atom stereocenters. The Balaban J connectivity index is 1.20. The van der Waals surface area contributed by atoms with Crippen molar-refractivity contribution in [1.82, 2.24) is 29.5 Å². The zero-order valence-electron chi connectivity index (χ0n) is 36.1. The van der Waals surface area contributed by atoms with E-state index in [1.54, 1.807) is 18.2 Å². The van der Waals surface area contributed by atoms with Crippen molar-refractivity contribution in [2.24, 2.45) is 0 Å². The molecule has 3 aromatic heterocycles. The smallest absolute Gasteiger partial charge is 0.308 e. The van der Waals surface area contributed by atoms with E-state index in [2.05, 4.69) is 0 Å². The minimum Gasteiger partial charge on any atom is -0.308 e. The topological polar surface area (TPSA) is 69.4 Å². The molecule has 0 saturated heterocycles. The van der Waals surface area contributed by atoms with E-state index < -0.39 is 23.5 Å². The Morgan fingerprint density at radius 3 is 1.28 bits per heavy atom. The highest BCUT2D eigenvalue weighted by Gasteiger charge is 2.37. The van der Waals surface area contributed by atoms with E-state index in [1.165, 1.54) is 0 Å². The van der Waals surface area contributed by atoms with Gasteiger partial charge in [-0.3, -0.25) is 0 Å². The highest BCUT2D eigenvalue weighted by molar-refractivity contribution is 6.10. The maximum Gasteiger partial charge on any atom is 0.416 e. The molecular weight excluding hydrogens is 883 g/mol. The molecule has 0 radical (unpaired) electrons. The molecule has 0 aliphatic heterocycles. The summed E-state index contributed by atoms with van der Waals surface area (Å²) in [5.41, 5.74) is 4.60. The molecule has 12 heteroatoms. The van der Waals surface area contributed by atoms with Crippen molar-refractivity contribution in [2.75, 3.05) is 0 Å². The average molecular weight is 917 g/mol. The molecule has 0 spiro atoms. The summed E-state index contributed by atoms with van der Waals surface area (Å²) in [7, 11) is 0. The van der Waals surface area contributed by atoms with Gasteiger partial charge in [0.05, 0.1) is 39.2 Å². The maximum absolute atomic E-state index is 14.2. The molecule has 6 nitrogen and oxygen atoms in total. The van der Waals surface area contributed by atoms with Crippen molar-refractivity contribution in [3.8, 4) is 84.9 Å². The third-order valence-corrected chi connectivity index (χ3v) is 11.9. The van der Waals surface area contributed by atoms with Gasteiger partial charge in [-0.1, -0.05) is 152 Å². The number of nitrogens with zero attached hydrogens (tertiary/aromatic N) is 6. The van der Waals surface area contributed by atoms with Gasteiger partial charge in [0, 0.05) is 44.2 Å². The van der Waals surface area contributed by atoms with Crippen LogP contribution in [0.4, 0.5) is 26.3 Å². The molecule has 0 aliphatic rings. The van der Waals surface area contributed by atoms with Gasteiger partial charge in [-0.25, -0.2) is 24.9 Å². The van der Waals surface area contributed by atoms with Gasteiger partial charge in [0.1, 0.15) is 0 Å². The predicted molar refractivity (Wildman–Crippen MR) is 258 cm³/mol. The summed E-state index contributed by atoms with van der Waals surface area (Å²) < 4.78 is 87.1. The molecule has 0 N–H and O–H groups in total. The summed E-state index contributed by atoms with van der Waals surface area (Å²) in [5.74, 6) is 1.61. The minimum atomic E-state index is -5.03. The second-order valence-corrected chi connectivity index (χ2v) is 16.3. The summed E-state index contributed by atoms with van der Waals surface area (Å²) in [6.07, 6.45) is -10.1. The first-order valence-corrected chi connectivity index (χ1v) is 21.8. The SMILES string of the molecule is FC(F)(F)c1cc(-c2ccc3c4ccccc4n(-c4ccc(-c5nc(-c6ccccc6)nc(-c6ccccc6)n5)cc4-c4nc(-c5ccccc5)cc(-c5ccccc5)n4)c3c2)cc(C(F)(F)F)c1. The second kappa shape index (κ2) is 17.1. The van der Waals surface area contributed by atoms with Crippen molar-refractivity contribution in [3.05, 3.63) is 217 Å². The Labute approximate surface area is 390 Å². The Hall–Kier alpha value is -8.77. The van der Waals surface area contributed by atoms with Crippen LogP contribution in [0, 0.1) is 0 Å². The summed E-state index contributed by atoms with van der Waals surface area (Å²) in [6.45, 7) is 0. The summed E-state index contributed by atoms with van der Waals surface area (Å²) >= 11 is 0. The average Bonchev–Trinajstić information content (AvgIpc) is 3.72. The normalized spacial score (nSPS) is 11.9. The Kier molecular flexibility index (Phi) is 10.6. The first-order valence-electron chi connectivity index (χ1n) is 21.8. The molecule has 334 valence electrons. The predicted octanol–water partition coefficient (Wildman–Crippen LogP) is 15.5. The van der Waals surface area contributed by atoms with Gasteiger partial charge in [-0.15, -0.1) is 0 Å². The van der Waals surface area contributed by atoms with Crippen LogP contribution >= 0.6 is 0 Å². The lowest BCUT2D eigenvalue weighted by molar-refractivity contribution is -0.143. The molecule has 11 aromatic rings. The second-order valence-electron chi connectivity index (χ2n) is 16.3. The zero-order valence-corrected chi connectivity index (χ0v) is 36.1. The number of hydrogen-bond donors (Lipinski definition) is 0. The number of alkyl halides is 6. The molecule has 0 fully saturated rings. The lowest BCUT2D eigenvalue weighted by atomic mass is 9.98. The van der Waals surface area contributed by atoms with Crippen LogP contribution in [0.2, 0.25) is 0 Å². The summed E-state index contributed by atoms with van der Waals surface area (Å²) in [5, 5.41) is 1.52. The van der Waals surface area contributed by atoms with E-state index in [0.29, 0.717) is 62.4 Å². The van der Waals surface area contributed by atoms with Crippen molar-refractivity contribution in [2.45, 2.75) is 12.4 Å². The van der Waals surface area contributed by atoms with Gasteiger partial charge < -0.3 is 4.57 Å². The fourth-order valence-electron chi connectivity index (χ4n) is 8.60. The lowest BCUT2D eigenvalue weighted by Crippen LogP contribution is -2.11. The van der Waals surface area contributed by atoms with Gasteiger partial charge in [-0.05, 0) is 65.7 Å². The first-order chi connectivity index (χ1) is 33.4. The van der Waals surface area contributed by atoms with Crippen LogP contribution in [0.1, 0.15) is 11.1 Å². The molecular formula is C57H34F6N6. The molecule has 0 unspecified atom stereocenters. The van der Waals surface area contributed by atoms with E-state index in [9.17, 15) is 26.3 Å². The highest BCUT2D eigenvalue weighted by Crippen LogP contribution is 2.43. The van der Waals surface area contributed by atoms with Crippen molar-refractivity contribution < 1.29 is 26.3 Å². The number of fused-ring (bicyclic) bond motifs is 3. The van der Waals surface area contributed by atoms with Gasteiger partial charge >= 0.3 is 12.4 Å². The summed E-state index contributed by atoms with van der Waals surface area (Å²) in [6, 6.07) is 60.4. The Bertz CT molecular complexity index is 3540. The number of halogens is 6. The van der Waals surface area contributed by atoms with Crippen molar-refractivity contribution in [3.63, 3.8) is 0 Å². The molecule has 0 aliphatic carbocycles. The van der Waals surface area contributed by atoms with Gasteiger partial charge in [-0.2, -0.15) is 26.3 Å². The van der Waals surface area contributed by atoms with E-state index in [-0.39, 0.29) is 17.2 Å². The van der Waals surface area contributed by atoms with Crippen molar-refractivity contribution in [1.29, 1.82) is 0 Å².